The van der Waals surface area contributed by atoms with Gasteiger partial charge in [0.15, 0.2) is 0 Å². The van der Waals surface area contributed by atoms with Gasteiger partial charge in [0.25, 0.3) is 0 Å². The molecular formula is C22H28ClN3O6S2. The number of hydrogen-bond donors (Lipinski definition) is 1. The first-order valence-electron chi connectivity index (χ1n) is 10.7. The SMILES string of the molecule is COc1ccc(NC(=O)CN(c2cccc(Cl)c2C)S(C)(=O)=O)cc1S(=O)(=O)N1CCCCC1. The van der Waals surface area contributed by atoms with Gasteiger partial charge < -0.3 is 10.1 Å². The van der Waals surface area contributed by atoms with Crippen molar-refractivity contribution in [3.05, 3.63) is 47.0 Å². The van der Waals surface area contributed by atoms with Crippen LogP contribution >= 0.6 is 11.6 Å². The van der Waals surface area contributed by atoms with Gasteiger partial charge in [-0.15, -0.1) is 0 Å². The van der Waals surface area contributed by atoms with E-state index in [0.717, 1.165) is 29.8 Å². The number of hydrogen-bond acceptors (Lipinski definition) is 6. The third kappa shape index (κ3) is 5.83. The molecule has 0 radical (unpaired) electrons. The van der Waals surface area contributed by atoms with Gasteiger partial charge in [-0.25, -0.2) is 16.8 Å². The van der Waals surface area contributed by atoms with Crippen molar-refractivity contribution in [2.75, 3.05) is 42.6 Å². The number of amides is 1. The fourth-order valence-electron chi connectivity index (χ4n) is 3.78. The normalized spacial score (nSPS) is 15.1. The highest BCUT2D eigenvalue weighted by Crippen LogP contribution is 2.32. The lowest BCUT2D eigenvalue weighted by Crippen LogP contribution is -2.38. The summed E-state index contributed by atoms with van der Waals surface area (Å²) in [7, 11) is -6.26. The molecule has 1 N–H and O–H groups in total. The Hall–Kier alpha value is -2.34. The van der Waals surface area contributed by atoms with Crippen molar-refractivity contribution < 1.29 is 26.4 Å². The molecule has 12 heteroatoms. The molecule has 0 spiro atoms. The fourth-order valence-corrected chi connectivity index (χ4v) is 6.55. The van der Waals surface area contributed by atoms with Gasteiger partial charge in [-0.1, -0.05) is 24.1 Å². The first-order valence-corrected chi connectivity index (χ1v) is 14.3. The van der Waals surface area contributed by atoms with Gasteiger partial charge >= 0.3 is 0 Å². The highest BCUT2D eigenvalue weighted by Gasteiger charge is 2.30. The summed E-state index contributed by atoms with van der Waals surface area (Å²) in [6.07, 6.45) is 3.53. The van der Waals surface area contributed by atoms with E-state index in [1.165, 1.54) is 29.6 Å². The van der Waals surface area contributed by atoms with E-state index in [0.29, 0.717) is 23.7 Å². The Bertz CT molecular complexity index is 1280. The zero-order valence-corrected chi connectivity index (χ0v) is 21.6. The Morgan fingerprint density at radius 1 is 1.12 bits per heavy atom. The Morgan fingerprint density at radius 3 is 2.41 bits per heavy atom. The highest BCUT2D eigenvalue weighted by molar-refractivity contribution is 7.92. The van der Waals surface area contributed by atoms with Crippen LogP contribution in [0.4, 0.5) is 11.4 Å². The van der Waals surface area contributed by atoms with Crippen molar-refractivity contribution in [2.24, 2.45) is 0 Å². The summed E-state index contributed by atoms with van der Waals surface area (Å²) >= 11 is 6.13. The van der Waals surface area contributed by atoms with E-state index in [4.69, 9.17) is 16.3 Å². The van der Waals surface area contributed by atoms with Crippen LogP contribution in [0.5, 0.6) is 5.75 Å². The maximum atomic E-state index is 13.2. The highest BCUT2D eigenvalue weighted by atomic mass is 35.5. The smallest absolute Gasteiger partial charge is 0.246 e. The Kier molecular flexibility index (Phi) is 8.12. The van der Waals surface area contributed by atoms with Crippen LogP contribution in [0, 0.1) is 6.92 Å². The second kappa shape index (κ2) is 10.5. The average Bonchev–Trinajstić information content (AvgIpc) is 2.79. The predicted octanol–water partition coefficient (Wildman–Crippen LogP) is 3.24. The van der Waals surface area contributed by atoms with Gasteiger partial charge in [-0.2, -0.15) is 4.31 Å². The predicted molar refractivity (Wildman–Crippen MR) is 133 cm³/mol. The quantitative estimate of drug-likeness (QED) is 0.561. The molecule has 1 aliphatic rings. The molecule has 2 aromatic rings. The number of halogens is 1. The molecule has 0 aliphatic carbocycles. The largest absolute Gasteiger partial charge is 0.495 e. The molecular weight excluding hydrogens is 502 g/mol. The number of carbonyl (C=O) groups excluding carboxylic acids is 1. The van der Waals surface area contributed by atoms with Gasteiger partial charge in [0.05, 0.1) is 19.1 Å². The molecule has 9 nitrogen and oxygen atoms in total. The molecule has 0 saturated carbocycles. The number of nitrogens with one attached hydrogen (secondary N) is 1. The molecule has 1 fully saturated rings. The van der Waals surface area contributed by atoms with Crippen LogP contribution in [-0.2, 0) is 24.8 Å². The minimum absolute atomic E-state index is 0.0552. The number of ether oxygens (including phenoxy) is 1. The van der Waals surface area contributed by atoms with Crippen LogP contribution in [-0.4, -0.2) is 60.0 Å². The number of carbonyl (C=O) groups is 1. The maximum absolute atomic E-state index is 13.2. The molecule has 3 rings (SSSR count). The molecule has 0 aromatic heterocycles. The molecule has 0 unspecified atom stereocenters. The summed E-state index contributed by atoms with van der Waals surface area (Å²) in [4.78, 5) is 12.8. The lowest BCUT2D eigenvalue weighted by molar-refractivity contribution is -0.114. The number of anilines is 2. The van der Waals surface area contributed by atoms with Gasteiger partial charge in [0, 0.05) is 23.8 Å². The molecule has 34 heavy (non-hydrogen) atoms. The van der Waals surface area contributed by atoms with Crippen LogP contribution in [0.2, 0.25) is 5.02 Å². The van der Waals surface area contributed by atoms with Crippen LogP contribution in [0.1, 0.15) is 24.8 Å². The minimum Gasteiger partial charge on any atom is -0.495 e. The van der Waals surface area contributed by atoms with E-state index in [1.807, 2.05) is 0 Å². The minimum atomic E-state index is -3.83. The summed E-state index contributed by atoms with van der Waals surface area (Å²) in [6, 6.07) is 9.08. The standard InChI is InChI=1S/C22H28ClN3O6S2/c1-16-18(23)8-7-9-19(16)26(33(3,28)29)15-22(27)24-17-10-11-20(32-2)21(14-17)34(30,31)25-12-5-4-6-13-25/h7-11,14H,4-6,12-13,15H2,1-3H3,(H,24,27). The fraction of sp³-hybridized carbons (Fsp3) is 0.409. The molecule has 1 aliphatic heterocycles. The van der Waals surface area contributed by atoms with Gasteiger partial charge in [0.1, 0.15) is 17.2 Å². The van der Waals surface area contributed by atoms with E-state index >= 15 is 0 Å². The van der Waals surface area contributed by atoms with Crippen LogP contribution < -0.4 is 14.4 Å². The summed E-state index contributed by atoms with van der Waals surface area (Å²) < 4.78 is 58.9. The maximum Gasteiger partial charge on any atom is 0.246 e. The number of methoxy groups -OCH3 is 1. The first-order chi connectivity index (χ1) is 15.9. The van der Waals surface area contributed by atoms with Gasteiger partial charge in [-0.05, 0) is 55.7 Å². The van der Waals surface area contributed by atoms with E-state index in [2.05, 4.69) is 5.32 Å². The summed E-state index contributed by atoms with van der Waals surface area (Å²) in [5.41, 5.74) is 1.01. The molecule has 186 valence electrons. The van der Waals surface area contributed by atoms with E-state index in [-0.39, 0.29) is 22.0 Å². The number of benzene rings is 2. The van der Waals surface area contributed by atoms with Crippen molar-refractivity contribution >= 4 is 48.9 Å². The summed E-state index contributed by atoms with van der Waals surface area (Å²) in [5, 5.41) is 2.97. The third-order valence-electron chi connectivity index (χ3n) is 5.58. The Labute approximate surface area is 205 Å². The summed E-state index contributed by atoms with van der Waals surface area (Å²) in [5.74, 6) is -0.479. The summed E-state index contributed by atoms with van der Waals surface area (Å²) in [6.45, 7) is 1.99. The Morgan fingerprint density at radius 2 is 1.79 bits per heavy atom. The molecule has 1 saturated heterocycles. The third-order valence-corrected chi connectivity index (χ3v) is 9.03. The second-order valence-corrected chi connectivity index (χ2v) is 12.3. The van der Waals surface area contributed by atoms with E-state index in [9.17, 15) is 21.6 Å². The zero-order chi connectivity index (χ0) is 25.1. The topological polar surface area (TPSA) is 113 Å². The molecule has 0 bridgehead atoms. The number of piperidine rings is 1. The second-order valence-electron chi connectivity index (χ2n) is 8.03. The van der Waals surface area contributed by atoms with Crippen molar-refractivity contribution in [3.8, 4) is 5.75 Å². The van der Waals surface area contributed by atoms with Crippen molar-refractivity contribution in [1.82, 2.24) is 4.31 Å². The average molecular weight is 530 g/mol. The van der Waals surface area contributed by atoms with E-state index < -0.39 is 32.5 Å². The van der Waals surface area contributed by atoms with Crippen molar-refractivity contribution in [2.45, 2.75) is 31.1 Å². The van der Waals surface area contributed by atoms with Crippen molar-refractivity contribution in [3.63, 3.8) is 0 Å². The lowest BCUT2D eigenvalue weighted by atomic mass is 10.2. The van der Waals surface area contributed by atoms with Gasteiger partial charge in [0.2, 0.25) is 26.0 Å². The van der Waals surface area contributed by atoms with Crippen LogP contribution in [0.3, 0.4) is 0 Å². The lowest BCUT2D eigenvalue weighted by Gasteiger charge is -2.27. The number of sulfonamides is 2. The van der Waals surface area contributed by atoms with Crippen LogP contribution in [0.25, 0.3) is 0 Å². The first kappa shape index (κ1) is 26.3. The zero-order valence-electron chi connectivity index (χ0n) is 19.2. The Balaban J connectivity index is 1.88. The van der Waals surface area contributed by atoms with E-state index in [1.54, 1.807) is 25.1 Å². The molecule has 2 aromatic carbocycles. The monoisotopic (exact) mass is 529 g/mol. The molecule has 1 heterocycles. The van der Waals surface area contributed by atoms with Crippen molar-refractivity contribution in [1.29, 1.82) is 0 Å². The van der Waals surface area contributed by atoms with Gasteiger partial charge in [-0.3, -0.25) is 9.10 Å². The number of nitrogens with zero attached hydrogens (tertiary/aromatic N) is 2. The van der Waals surface area contributed by atoms with Crippen LogP contribution in [0.15, 0.2) is 41.3 Å². The number of rotatable bonds is 8. The molecule has 1 amide bonds. The molecule has 0 atom stereocenters.